The third-order valence-electron chi connectivity index (χ3n) is 4.72. The van der Waals surface area contributed by atoms with E-state index in [1.807, 2.05) is 12.1 Å². The van der Waals surface area contributed by atoms with Gasteiger partial charge >= 0.3 is 154 Å². The van der Waals surface area contributed by atoms with Gasteiger partial charge in [0.15, 0.2) is 0 Å². The molecule has 2 aliphatic heterocycles. The maximum absolute atomic E-state index is 14.8. The molecule has 0 bridgehead atoms. The van der Waals surface area contributed by atoms with Crippen LogP contribution in [0, 0.1) is 0 Å². The average Bonchev–Trinajstić information content (AvgIpc) is 3.37. The number of halogens is 2. The summed E-state index contributed by atoms with van der Waals surface area (Å²) in [6.45, 7) is -3.83. The standard InChI is InChI=1S/C19H13BF2N2Te/c21-20(22)23-11-1-4-16(23)19(17-5-2-12-24(17)20)15-9-7-14(8-10-15)18-6-3-13-25-18/h1-13H. The Bertz CT molecular complexity index is 1060. The van der Waals surface area contributed by atoms with Crippen LogP contribution in [-0.4, -0.2) is 42.6 Å². The summed E-state index contributed by atoms with van der Waals surface area (Å²) in [5, 5.41) is 0. The van der Waals surface area contributed by atoms with Crippen molar-refractivity contribution in [2.45, 2.75) is 0 Å². The van der Waals surface area contributed by atoms with Gasteiger partial charge in [-0.2, -0.15) is 0 Å². The molecule has 122 valence electrons. The van der Waals surface area contributed by atoms with Gasteiger partial charge in [0.1, 0.15) is 0 Å². The van der Waals surface area contributed by atoms with Crippen LogP contribution in [0.1, 0.15) is 11.3 Å². The van der Waals surface area contributed by atoms with E-state index >= 15 is 0 Å². The summed E-state index contributed by atoms with van der Waals surface area (Å²) in [7, 11) is 0. The number of benzene rings is 1. The molecule has 0 amide bonds. The van der Waals surface area contributed by atoms with Crippen molar-refractivity contribution < 1.29 is 13.1 Å². The fourth-order valence-corrected chi connectivity index (χ4v) is 5.65. The summed E-state index contributed by atoms with van der Waals surface area (Å²) >= 11 is -0.221. The molecule has 5 rings (SSSR count). The molecule has 0 aliphatic carbocycles. The predicted molar refractivity (Wildman–Crippen MR) is 98.1 cm³/mol. The van der Waals surface area contributed by atoms with E-state index in [0.717, 1.165) is 20.1 Å². The fraction of sp³-hybridized carbons (Fsp3) is 0. The third-order valence-corrected chi connectivity index (χ3v) is 7.34. The van der Waals surface area contributed by atoms with Gasteiger partial charge in [-0.3, -0.25) is 0 Å². The molecule has 0 spiro atoms. The van der Waals surface area contributed by atoms with Crippen LogP contribution in [0.3, 0.4) is 0 Å². The number of allylic oxidation sites excluding steroid dienone is 2. The van der Waals surface area contributed by atoms with E-state index in [0.29, 0.717) is 11.4 Å². The van der Waals surface area contributed by atoms with Gasteiger partial charge in [-0.05, 0) is 0 Å². The van der Waals surface area contributed by atoms with Crippen molar-refractivity contribution in [1.82, 2.24) is 4.48 Å². The second-order valence-corrected chi connectivity index (χ2v) is 8.82. The molecule has 6 heteroatoms. The van der Waals surface area contributed by atoms with E-state index < -0.39 is 6.97 Å². The molecule has 2 aliphatic rings. The molecule has 0 radical (unpaired) electrons. The van der Waals surface area contributed by atoms with Crippen LogP contribution < -0.4 is 0 Å². The molecule has 0 N–H and O–H groups in total. The first kappa shape index (κ1) is 15.1. The van der Waals surface area contributed by atoms with Crippen LogP contribution >= 0.6 is 0 Å². The van der Waals surface area contributed by atoms with Crippen molar-refractivity contribution in [3.8, 4) is 9.14 Å². The van der Waals surface area contributed by atoms with Crippen LogP contribution in [0.15, 0.2) is 76.7 Å². The van der Waals surface area contributed by atoms with Gasteiger partial charge in [0.05, 0.1) is 0 Å². The van der Waals surface area contributed by atoms with Crippen molar-refractivity contribution in [1.29, 1.82) is 0 Å². The number of fused-ring (bicyclic) bond motifs is 2. The molecular weight excluding hydrogens is 433 g/mol. The number of aromatic nitrogens is 1. The topological polar surface area (TPSA) is 7.94 Å². The molecule has 1 aromatic carbocycles. The number of nitrogens with zero attached hydrogens (tertiary/aromatic N) is 2. The zero-order chi connectivity index (χ0) is 17.0. The van der Waals surface area contributed by atoms with E-state index in [1.54, 1.807) is 24.3 Å². The van der Waals surface area contributed by atoms with Gasteiger partial charge in [0.2, 0.25) is 0 Å². The predicted octanol–water partition coefficient (Wildman–Crippen LogP) is 3.86. The first-order valence-corrected chi connectivity index (χ1v) is 10.6. The molecule has 3 aromatic rings. The number of hydrogen-bond donors (Lipinski definition) is 0. The summed E-state index contributed by atoms with van der Waals surface area (Å²) in [5.74, 6) is 0. The van der Waals surface area contributed by atoms with Gasteiger partial charge in [-0.1, -0.05) is 0 Å². The van der Waals surface area contributed by atoms with Crippen LogP contribution in [0.5, 0.6) is 0 Å². The fourth-order valence-electron chi connectivity index (χ4n) is 3.56. The van der Waals surface area contributed by atoms with Gasteiger partial charge in [-0.25, -0.2) is 0 Å². The van der Waals surface area contributed by atoms with E-state index in [9.17, 15) is 8.63 Å². The normalized spacial score (nSPS) is 17.4. The Kier molecular flexibility index (Phi) is 3.28. The van der Waals surface area contributed by atoms with Crippen LogP contribution in [0.2, 0.25) is 0 Å². The molecule has 0 atom stereocenters. The Morgan fingerprint density at radius 1 is 0.960 bits per heavy atom. The minimum absolute atomic E-state index is 0.221. The van der Waals surface area contributed by atoms with Crippen molar-refractivity contribution in [2.75, 3.05) is 0 Å². The quantitative estimate of drug-likeness (QED) is 0.529. The average molecular weight is 446 g/mol. The molecule has 0 fully saturated rings. The first-order valence-electron chi connectivity index (χ1n) is 8.04. The molecule has 0 unspecified atom stereocenters. The molecule has 4 heterocycles. The monoisotopic (exact) mass is 448 g/mol. The second-order valence-electron chi connectivity index (χ2n) is 6.12. The second kappa shape index (κ2) is 5.42. The van der Waals surface area contributed by atoms with Gasteiger partial charge in [0.25, 0.3) is 0 Å². The number of rotatable bonds is 2. The zero-order valence-electron chi connectivity index (χ0n) is 13.1. The molecule has 2 nitrogen and oxygen atoms in total. The van der Waals surface area contributed by atoms with Crippen LogP contribution in [0.4, 0.5) is 8.63 Å². The van der Waals surface area contributed by atoms with Crippen LogP contribution in [-0.2, 0) is 0 Å². The minimum atomic E-state index is -3.83. The molecule has 0 saturated heterocycles. The summed E-state index contributed by atoms with van der Waals surface area (Å²) in [4.78, 5) is 0. The number of hydrogen-bond acceptors (Lipinski definition) is 0. The Labute approximate surface area is 153 Å². The summed E-state index contributed by atoms with van der Waals surface area (Å²) in [6.07, 6.45) is 6.39. The van der Waals surface area contributed by atoms with Crippen molar-refractivity contribution in [3.05, 3.63) is 87.9 Å². The SMILES string of the molecule is F[B-]1(F)n2cccc2C(c2ccc(-c3ccc[te]3)cc2)=C2C=CC=[N+]21. The molecule has 2 aromatic heterocycles. The Morgan fingerprint density at radius 3 is 2.52 bits per heavy atom. The van der Waals surface area contributed by atoms with Gasteiger partial charge in [0, 0.05) is 0 Å². The van der Waals surface area contributed by atoms with E-state index in [2.05, 4.69) is 28.3 Å². The van der Waals surface area contributed by atoms with Crippen molar-refractivity contribution in [3.63, 3.8) is 0 Å². The summed E-state index contributed by atoms with van der Waals surface area (Å²) < 4.78 is 35.4. The van der Waals surface area contributed by atoms with Gasteiger partial charge < -0.3 is 0 Å². The molecule has 0 saturated carbocycles. The maximum atomic E-state index is 14.8. The van der Waals surface area contributed by atoms with Crippen LogP contribution in [0.25, 0.3) is 14.7 Å². The summed E-state index contributed by atoms with van der Waals surface area (Å²) in [6, 6.07) is 16.0. The van der Waals surface area contributed by atoms with E-state index in [1.165, 1.54) is 21.6 Å². The zero-order valence-corrected chi connectivity index (χ0v) is 15.5. The molecular formula is C19H13BF2N2Te. The summed E-state index contributed by atoms with van der Waals surface area (Å²) in [5.41, 5.74) is 4.18. The molecule has 25 heavy (non-hydrogen) atoms. The Morgan fingerprint density at radius 2 is 1.76 bits per heavy atom. The third kappa shape index (κ3) is 2.18. The van der Waals surface area contributed by atoms with E-state index in [-0.39, 0.29) is 20.4 Å². The van der Waals surface area contributed by atoms with Crippen molar-refractivity contribution in [2.24, 2.45) is 0 Å². The Hall–Kier alpha value is -2.16. The van der Waals surface area contributed by atoms with E-state index in [4.69, 9.17) is 0 Å². The van der Waals surface area contributed by atoms with Crippen molar-refractivity contribution >= 4 is 39.2 Å². The first-order chi connectivity index (χ1) is 12.2. The Balaban J connectivity index is 1.69. The van der Waals surface area contributed by atoms with Gasteiger partial charge in [-0.15, -0.1) is 0 Å².